The summed E-state index contributed by atoms with van der Waals surface area (Å²) in [5.41, 5.74) is 0. The van der Waals surface area contributed by atoms with E-state index in [0.717, 1.165) is 0 Å². The number of hydrogen-bond donors (Lipinski definition) is 0. The zero-order valence-electron chi connectivity index (χ0n) is 6.29. The van der Waals surface area contributed by atoms with Crippen LogP contribution >= 0.6 is 23.8 Å². The fraction of sp³-hybridized carbons (Fsp3) is 0. The lowest BCUT2D eigenvalue weighted by Crippen LogP contribution is -1.99. The molecule has 1 aromatic rings. The fourth-order valence-electron chi connectivity index (χ4n) is 0.660. The Morgan fingerprint density at radius 2 is 2.00 bits per heavy atom. The monoisotopic (exact) mass is 198 g/mol. The van der Waals surface area contributed by atoms with Crippen LogP contribution in [-0.4, -0.2) is 5.05 Å². The number of halogens is 1. The van der Waals surface area contributed by atoms with Gasteiger partial charge in [-0.25, -0.2) is 0 Å². The minimum absolute atomic E-state index is 0.359. The largest absolute Gasteiger partial charge is 0.446 e. The molecule has 0 aliphatic rings. The van der Waals surface area contributed by atoms with Crippen LogP contribution in [0.4, 0.5) is 0 Å². The molecule has 1 aromatic carbocycles. The van der Waals surface area contributed by atoms with Gasteiger partial charge in [-0.05, 0) is 42.6 Å². The summed E-state index contributed by atoms with van der Waals surface area (Å²) in [5, 5.41) is 1.03. The zero-order chi connectivity index (χ0) is 8.97. The lowest BCUT2D eigenvalue weighted by molar-refractivity contribution is 0.569. The SMILES string of the molecule is C=CC(=S)Oc1ccc(Cl)cc1. The standard InChI is InChI=1S/C9H7ClOS/c1-2-9(12)11-8-5-3-7(10)4-6-8/h2-6H,1H2. The molecule has 1 rings (SSSR count). The molecule has 0 unspecified atom stereocenters. The van der Waals surface area contributed by atoms with Gasteiger partial charge in [-0.3, -0.25) is 0 Å². The van der Waals surface area contributed by atoms with E-state index in [1.165, 1.54) is 6.08 Å². The van der Waals surface area contributed by atoms with Crippen molar-refractivity contribution in [2.24, 2.45) is 0 Å². The van der Waals surface area contributed by atoms with Gasteiger partial charge < -0.3 is 4.74 Å². The van der Waals surface area contributed by atoms with E-state index >= 15 is 0 Å². The van der Waals surface area contributed by atoms with Gasteiger partial charge in [-0.15, -0.1) is 0 Å². The summed E-state index contributed by atoms with van der Waals surface area (Å²) >= 11 is 10.5. The first kappa shape index (κ1) is 9.23. The summed E-state index contributed by atoms with van der Waals surface area (Å²) in [6, 6.07) is 6.97. The molecule has 0 fully saturated rings. The Labute approximate surface area is 81.6 Å². The molecule has 62 valence electrons. The second-order valence-corrected chi connectivity index (χ2v) is 2.92. The molecule has 0 spiro atoms. The molecule has 0 saturated heterocycles. The topological polar surface area (TPSA) is 9.23 Å². The number of benzene rings is 1. The first-order valence-electron chi connectivity index (χ1n) is 3.32. The van der Waals surface area contributed by atoms with E-state index in [2.05, 4.69) is 6.58 Å². The van der Waals surface area contributed by atoms with E-state index in [1.54, 1.807) is 24.3 Å². The van der Waals surface area contributed by atoms with Crippen molar-refractivity contribution in [3.8, 4) is 5.75 Å². The summed E-state index contributed by atoms with van der Waals surface area (Å²) in [5.74, 6) is 0.671. The molecular weight excluding hydrogens is 192 g/mol. The molecule has 12 heavy (non-hydrogen) atoms. The maximum atomic E-state index is 5.67. The third kappa shape index (κ3) is 2.64. The van der Waals surface area contributed by atoms with Crippen molar-refractivity contribution in [3.05, 3.63) is 41.9 Å². The third-order valence-corrected chi connectivity index (χ3v) is 1.70. The molecule has 3 heteroatoms. The van der Waals surface area contributed by atoms with Gasteiger partial charge >= 0.3 is 0 Å². The first-order chi connectivity index (χ1) is 5.72. The van der Waals surface area contributed by atoms with Gasteiger partial charge in [0.25, 0.3) is 0 Å². The second kappa shape index (κ2) is 4.24. The highest BCUT2D eigenvalue weighted by Gasteiger charge is 1.94. The summed E-state index contributed by atoms with van der Waals surface area (Å²) in [7, 11) is 0. The van der Waals surface area contributed by atoms with Gasteiger partial charge in [-0.2, -0.15) is 0 Å². The van der Waals surface area contributed by atoms with Crippen LogP contribution in [0.15, 0.2) is 36.9 Å². The van der Waals surface area contributed by atoms with E-state index in [4.69, 9.17) is 28.6 Å². The highest BCUT2D eigenvalue weighted by atomic mass is 35.5. The van der Waals surface area contributed by atoms with E-state index in [0.29, 0.717) is 15.8 Å². The molecule has 0 bridgehead atoms. The maximum Gasteiger partial charge on any atom is 0.190 e. The molecule has 0 radical (unpaired) electrons. The predicted octanol–water partition coefficient (Wildman–Crippen LogP) is 3.23. The van der Waals surface area contributed by atoms with Crippen LogP contribution in [0, 0.1) is 0 Å². The Balaban J connectivity index is 2.71. The van der Waals surface area contributed by atoms with Crippen LogP contribution in [0.25, 0.3) is 0 Å². The maximum absolute atomic E-state index is 5.67. The van der Waals surface area contributed by atoms with Crippen molar-refractivity contribution in [1.29, 1.82) is 0 Å². The van der Waals surface area contributed by atoms with E-state index in [1.807, 2.05) is 0 Å². The molecule has 0 saturated carbocycles. The lowest BCUT2D eigenvalue weighted by atomic mass is 10.3. The molecule has 0 aromatic heterocycles. The van der Waals surface area contributed by atoms with Crippen molar-refractivity contribution in [3.63, 3.8) is 0 Å². The third-order valence-electron chi connectivity index (χ3n) is 1.20. The summed E-state index contributed by atoms with van der Waals surface area (Å²) < 4.78 is 5.17. The molecule has 0 amide bonds. The van der Waals surface area contributed by atoms with Gasteiger partial charge in [-0.1, -0.05) is 18.2 Å². The fourth-order valence-corrected chi connectivity index (χ4v) is 0.883. The minimum Gasteiger partial charge on any atom is -0.446 e. The highest BCUT2D eigenvalue weighted by molar-refractivity contribution is 7.80. The van der Waals surface area contributed by atoms with Gasteiger partial charge in [0.1, 0.15) is 5.75 Å². The summed E-state index contributed by atoms with van der Waals surface area (Å²) in [6.45, 7) is 3.48. The van der Waals surface area contributed by atoms with Crippen molar-refractivity contribution in [2.45, 2.75) is 0 Å². The van der Waals surface area contributed by atoms with Gasteiger partial charge in [0.05, 0.1) is 0 Å². The number of thiocarbonyl (C=S) groups is 1. The minimum atomic E-state index is 0.359. The van der Waals surface area contributed by atoms with Crippen molar-refractivity contribution >= 4 is 28.9 Å². The van der Waals surface area contributed by atoms with Gasteiger partial charge in [0.2, 0.25) is 0 Å². The predicted molar refractivity (Wildman–Crippen MR) is 54.9 cm³/mol. The Bertz CT molecular complexity index is 292. The van der Waals surface area contributed by atoms with E-state index in [9.17, 15) is 0 Å². The molecule has 0 N–H and O–H groups in total. The Morgan fingerprint density at radius 3 is 2.50 bits per heavy atom. The lowest BCUT2D eigenvalue weighted by Gasteiger charge is -2.01. The number of hydrogen-bond acceptors (Lipinski definition) is 2. The first-order valence-corrected chi connectivity index (χ1v) is 4.11. The average molecular weight is 199 g/mol. The van der Waals surface area contributed by atoms with Gasteiger partial charge in [0.15, 0.2) is 5.05 Å². The van der Waals surface area contributed by atoms with Crippen LogP contribution in [0.5, 0.6) is 5.75 Å². The van der Waals surface area contributed by atoms with Crippen molar-refractivity contribution < 1.29 is 4.74 Å². The zero-order valence-corrected chi connectivity index (χ0v) is 7.86. The van der Waals surface area contributed by atoms with Crippen molar-refractivity contribution in [1.82, 2.24) is 0 Å². The Morgan fingerprint density at radius 1 is 1.42 bits per heavy atom. The van der Waals surface area contributed by atoms with E-state index in [-0.39, 0.29) is 0 Å². The van der Waals surface area contributed by atoms with E-state index < -0.39 is 0 Å². The van der Waals surface area contributed by atoms with Crippen molar-refractivity contribution in [2.75, 3.05) is 0 Å². The van der Waals surface area contributed by atoms with Crippen LogP contribution < -0.4 is 4.74 Å². The quantitative estimate of drug-likeness (QED) is 0.533. The smallest absolute Gasteiger partial charge is 0.190 e. The Kier molecular flexibility index (Phi) is 3.26. The van der Waals surface area contributed by atoms with Gasteiger partial charge in [0, 0.05) is 5.02 Å². The average Bonchev–Trinajstić information content (AvgIpc) is 2.09. The normalized spacial score (nSPS) is 9.08. The summed E-state index contributed by atoms with van der Waals surface area (Å²) in [4.78, 5) is 0. The molecule has 0 heterocycles. The summed E-state index contributed by atoms with van der Waals surface area (Å²) in [6.07, 6.45) is 1.48. The van der Waals surface area contributed by atoms with Crippen LogP contribution in [0.3, 0.4) is 0 Å². The Hall–Kier alpha value is -0.860. The van der Waals surface area contributed by atoms with Crippen LogP contribution in [0.1, 0.15) is 0 Å². The molecule has 1 nitrogen and oxygen atoms in total. The molecular formula is C9H7ClOS. The molecule has 0 aliphatic heterocycles. The molecule has 0 atom stereocenters. The number of ether oxygens (including phenoxy) is 1. The second-order valence-electron chi connectivity index (χ2n) is 2.08. The number of rotatable bonds is 2. The van der Waals surface area contributed by atoms with Crippen LogP contribution in [-0.2, 0) is 0 Å². The molecule has 0 aliphatic carbocycles. The highest BCUT2D eigenvalue weighted by Crippen LogP contribution is 2.15. The van der Waals surface area contributed by atoms with Crippen LogP contribution in [0.2, 0.25) is 5.02 Å².